The van der Waals surface area contributed by atoms with Crippen molar-refractivity contribution in [3.63, 3.8) is 0 Å². The molecule has 0 aromatic heterocycles. The van der Waals surface area contributed by atoms with E-state index in [0.29, 0.717) is 6.04 Å². The molecule has 3 rings (SSSR count). The number of nitrogens with zero attached hydrogens (tertiary/aromatic N) is 1. The van der Waals surface area contributed by atoms with Gasteiger partial charge in [0.15, 0.2) is 0 Å². The molecule has 1 saturated heterocycles. The van der Waals surface area contributed by atoms with Crippen LogP contribution in [0.3, 0.4) is 0 Å². The second-order valence-corrected chi connectivity index (χ2v) is 7.74. The maximum absolute atomic E-state index is 6.02. The highest BCUT2D eigenvalue weighted by Crippen LogP contribution is 2.37. The van der Waals surface area contributed by atoms with Gasteiger partial charge in [0.25, 0.3) is 0 Å². The first-order valence-corrected chi connectivity index (χ1v) is 9.94. The number of hydrogen-bond acceptors (Lipinski definition) is 3. The van der Waals surface area contributed by atoms with Crippen LogP contribution in [-0.2, 0) is 0 Å². The summed E-state index contributed by atoms with van der Waals surface area (Å²) >= 11 is 7.86. The largest absolute Gasteiger partial charge is 0.314 e. The summed E-state index contributed by atoms with van der Waals surface area (Å²) in [4.78, 5) is 5.24. The summed E-state index contributed by atoms with van der Waals surface area (Å²) < 4.78 is 0. The highest BCUT2D eigenvalue weighted by atomic mass is 35.5. The van der Waals surface area contributed by atoms with Crippen LogP contribution in [0.1, 0.15) is 31.4 Å². The number of halogens is 1. The van der Waals surface area contributed by atoms with Crippen LogP contribution in [0.25, 0.3) is 0 Å². The molecule has 1 aliphatic rings. The monoisotopic (exact) mass is 360 g/mol. The van der Waals surface area contributed by atoms with E-state index in [0.717, 1.165) is 31.2 Å². The molecule has 0 spiro atoms. The molecule has 1 N–H and O–H groups in total. The highest BCUT2D eigenvalue weighted by molar-refractivity contribution is 7.99. The molecule has 2 aromatic rings. The predicted molar refractivity (Wildman–Crippen MR) is 104 cm³/mol. The lowest BCUT2D eigenvalue weighted by Crippen LogP contribution is -2.45. The summed E-state index contributed by atoms with van der Waals surface area (Å²) in [6.45, 7) is 6.72. The molecular weight excluding hydrogens is 336 g/mol. The van der Waals surface area contributed by atoms with Gasteiger partial charge in [0, 0.05) is 47.0 Å². The van der Waals surface area contributed by atoms with Gasteiger partial charge in [0.1, 0.15) is 0 Å². The molecule has 2 aromatic carbocycles. The summed E-state index contributed by atoms with van der Waals surface area (Å²) in [6, 6.07) is 17.5. The Kier molecular flexibility index (Phi) is 6.61. The first-order valence-electron chi connectivity index (χ1n) is 8.75. The fourth-order valence-electron chi connectivity index (χ4n) is 3.28. The van der Waals surface area contributed by atoms with Crippen LogP contribution in [0, 0.1) is 0 Å². The minimum atomic E-state index is 0.508. The summed E-state index contributed by atoms with van der Waals surface area (Å²) in [6.07, 6.45) is 2.41. The van der Waals surface area contributed by atoms with E-state index >= 15 is 0 Å². The Hall–Kier alpha value is -1.00. The van der Waals surface area contributed by atoms with E-state index in [1.54, 1.807) is 0 Å². The number of piperazine rings is 1. The van der Waals surface area contributed by atoms with Crippen LogP contribution in [0.2, 0.25) is 5.02 Å². The quantitative estimate of drug-likeness (QED) is 0.758. The maximum atomic E-state index is 6.02. The van der Waals surface area contributed by atoms with Crippen molar-refractivity contribution in [2.24, 2.45) is 0 Å². The van der Waals surface area contributed by atoms with Crippen molar-refractivity contribution in [3.05, 3.63) is 59.1 Å². The number of benzene rings is 2. The third-order valence-electron chi connectivity index (χ3n) is 4.47. The molecule has 128 valence electrons. The molecule has 0 saturated carbocycles. The van der Waals surface area contributed by atoms with Crippen LogP contribution >= 0.6 is 23.4 Å². The summed E-state index contributed by atoms with van der Waals surface area (Å²) in [7, 11) is 0. The van der Waals surface area contributed by atoms with E-state index in [4.69, 9.17) is 11.6 Å². The van der Waals surface area contributed by atoms with E-state index in [1.165, 1.54) is 28.2 Å². The van der Waals surface area contributed by atoms with Gasteiger partial charge in [0.05, 0.1) is 0 Å². The predicted octanol–water partition coefficient (Wildman–Crippen LogP) is 5.24. The zero-order chi connectivity index (χ0) is 16.8. The fraction of sp³-hybridized carbons (Fsp3) is 0.400. The van der Waals surface area contributed by atoms with Crippen molar-refractivity contribution in [2.75, 3.05) is 26.2 Å². The zero-order valence-electron chi connectivity index (χ0n) is 14.2. The minimum Gasteiger partial charge on any atom is -0.314 e. The van der Waals surface area contributed by atoms with Gasteiger partial charge in [-0.25, -0.2) is 0 Å². The van der Waals surface area contributed by atoms with Gasteiger partial charge in [-0.2, -0.15) is 0 Å². The van der Waals surface area contributed by atoms with Crippen molar-refractivity contribution in [3.8, 4) is 0 Å². The Morgan fingerprint density at radius 3 is 2.50 bits per heavy atom. The first kappa shape index (κ1) is 17.8. The lowest BCUT2D eigenvalue weighted by atomic mass is 10.00. The highest BCUT2D eigenvalue weighted by Gasteiger charge is 2.23. The second kappa shape index (κ2) is 8.91. The smallest absolute Gasteiger partial charge is 0.0406 e. The normalized spacial score (nSPS) is 16.9. The lowest BCUT2D eigenvalue weighted by molar-refractivity contribution is 0.163. The third-order valence-corrected chi connectivity index (χ3v) is 5.83. The van der Waals surface area contributed by atoms with Crippen LogP contribution in [0.5, 0.6) is 0 Å². The molecule has 0 radical (unpaired) electrons. The van der Waals surface area contributed by atoms with Crippen LogP contribution < -0.4 is 5.32 Å². The average molecular weight is 361 g/mol. The molecule has 24 heavy (non-hydrogen) atoms. The van der Waals surface area contributed by atoms with Gasteiger partial charge >= 0.3 is 0 Å². The molecule has 1 atom stereocenters. The van der Waals surface area contributed by atoms with Gasteiger partial charge in [-0.1, -0.05) is 54.9 Å². The van der Waals surface area contributed by atoms with E-state index < -0.39 is 0 Å². The summed E-state index contributed by atoms with van der Waals surface area (Å²) in [5.74, 6) is 0. The Bertz CT molecular complexity index is 638. The van der Waals surface area contributed by atoms with Gasteiger partial charge in [-0.05, 0) is 42.3 Å². The zero-order valence-corrected chi connectivity index (χ0v) is 15.7. The summed E-state index contributed by atoms with van der Waals surface area (Å²) in [5.41, 5.74) is 1.46. The molecule has 1 heterocycles. The van der Waals surface area contributed by atoms with E-state index in [-0.39, 0.29) is 0 Å². The molecule has 1 aliphatic heterocycles. The van der Waals surface area contributed by atoms with Crippen LogP contribution in [0.4, 0.5) is 0 Å². The van der Waals surface area contributed by atoms with Crippen molar-refractivity contribution >= 4 is 23.4 Å². The molecule has 2 nitrogen and oxygen atoms in total. The summed E-state index contributed by atoms with van der Waals surface area (Å²) in [5, 5.41) is 4.25. The average Bonchev–Trinajstić information content (AvgIpc) is 2.63. The number of nitrogens with one attached hydrogen (secondary N) is 1. The molecule has 0 unspecified atom stereocenters. The molecule has 0 bridgehead atoms. The molecule has 4 heteroatoms. The van der Waals surface area contributed by atoms with Gasteiger partial charge in [0.2, 0.25) is 0 Å². The SMILES string of the molecule is CCC[C@H](c1ccccc1Sc1ccc(Cl)cc1)N1CCNCC1. The Morgan fingerprint density at radius 1 is 1.08 bits per heavy atom. The van der Waals surface area contributed by atoms with Crippen molar-refractivity contribution in [2.45, 2.75) is 35.6 Å². The van der Waals surface area contributed by atoms with Crippen LogP contribution in [0.15, 0.2) is 58.3 Å². The van der Waals surface area contributed by atoms with Crippen LogP contribution in [-0.4, -0.2) is 31.1 Å². The fourth-order valence-corrected chi connectivity index (χ4v) is 4.40. The standard InChI is InChI=1S/C20H25ClN2S/c1-2-5-19(23-14-12-22-13-15-23)18-6-3-4-7-20(18)24-17-10-8-16(21)9-11-17/h3-4,6-11,19,22H,2,5,12-15H2,1H3/t19-/m1/s1. The van der Waals surface area contributed by atoms with Gasteiger partial charge < -0.3 is 5.32 Å². The Morgan fingerprint density at radius 2 is 1.79 bits per heavy atom. The van der Waals surface area contributed by atoms with E-state index in [2.05, 4.69) is 53.5 Å². The van der Waals surface area contributed by atoms with Crippen molar-refractivity contribution < 1.29 is 0 Å². The van der Waals surface area contributed by atoms with Crippen molar-refractivity contribution in [1.29, 1.82) is 0 Å². The number of hydrogen-bond donors (Lipinski definition) is 1. The second-order valence-electron chi connectivity index (χ2n) is 6.18. The van der Waals surface area contributed by atoms with Crippen molar-refractivity contribution in [1.82, 2.24) is 10.2 Å². The first-order chi connectivity index (χ1) is 11.8. The van der Waals surface area contributed by atoms with Gasteiger partial charge in [-0.3, -0.25) is 4.90 Å². The topological polar surface area (TPSA) is 15.3 Å². The number of rotatable bonds is 6. The molecule has 0 amide bonds. The van der Waals surface area contributed by atoms with E-state index in [1.807, 2.05) is 23.9 Å². The maximum Gasteiger partial charge on any atom is 0.0406 e. The Labute approximate surface area is 154 Å². The lowest BCUT2D eigenvalue weighted by Gasteiger charge is -2.36. The van der Waals surface area contributed by atoms with Gasteiger partial charge in [-0.15, -0.1) is 0 Å². The minimum absolute atomic E-state index is 0.508. The third kappa shape index (κ3) is 4.54. The molecule has 1 fully saturated rings. The molecule has 0 aliphatic carbocycles. The van der Waals surface area contributed by atoms with E-state index in [9.17, 15) is 0 Å². The Balaban J connectivity index is 1.86. The molecular formula is C20H25ClN2S.